The maximum atomic E-state index is 10.0. The van der Waals surface area contributed by atoms with E-state index in [1.54, 1.807) is 19.2 Å². The third-order valence-electron chi connectivity index (χ3n) is 4.77. The molecule has 0 amide bonds. The zero-order valence-electron chi connectivity index (χ0n) is 14.1. The van der Waals surface area contributed by atoms with Gasteiger partial charge in [-0.1, -0.05) is 30.3 Å². The minimum absolute atomic E-state index is 0.170. The summed E-state index contributed by atoms with van der Waals surface area (Å²) < 4.78 is 5.12. The smallest absolute Gasteiger partial charge is 0.160 e. The molecule has 24 heavy (non-hydrogen) atoms. The highest BCUT2D eigenvalue weighted by Gasteiger charge is 2.27. The van der Waals surface area contributed by atoms with E-state index in [9.17, 15) is 10.2 Å². The van der Waals surface area contributed by atoms with Crippen molar-refractivity contribution in [1.29, 1.82) is 0 Å². The Labute approximate surface area is 143 Å². The van der Waals surface area contributed by atoms with E-state index in [-0.39, 0.29) is 12.4 Å². The first kappa shape index (κ1) is 16.8. The summed E-state index contributed by atoms with van der Waals surface area (Å²) in [6.45, 7) is 1.78. The van der Waals surface area contributed by atoms with Gasteiger partial charge in [-0.15, -0.1) is 0 Å². The van der Waals surface area contributed by atoms with E-state index in [0.29, 0.717) is 11.8 Å². The maximum Gasteiger partial charge on any atom is 0.160 e. The molecular weight excluding hydrogens is 302 g/mol. The van der Waals surface area contributed by atoms with Crippen molar-refractivity contribution in [3.05, 3.63) is 59.2 Å². The molecule has 0 radical (unpaired) electrons. The van der Waals surface area contributed by atoms with Gasteiger partial charge in [0, 0.05) is 25.7 Å². The van der Waals surface area contributed by atoms with Crippen LogP contribution < -0.4 is 4.74 Å². The van der Waals surface area contributed by atoms with Crippen molar-refractivity contribution in [2.24, 2.45) is 0 Å². The predicted molar refractivity (Wildman–Crippen MR) is 94.3 cm³/mol. The standard InChI is InChI=1S/C20H25NO3/c1-24-20-10-7-15(13-19(20)23)14-21(11-4-12-22)18-9-8-16-5-2-3-6-17(16)18/h2-3,5-7,10,13,18,22-23H,4,8-9,11-12,14H2,1H3. The molecule has 2 aromatic rings. The molecule has 4 nitrogen and oxygen atoms in total. The van der Waals surface area contributed by atoms with Crippen molar-refractivity contribution in [3.8, 4) is 11.5 Å². The van der Waals surface area contributed by atoms with Gasteiger partial charge in [0.15, 0.2) is 11.5 Å². The third-order valence-corrected chi connectivity index (χ3v) is 4.77. The number of fused-ring (bicyclic) bond motifs is 1. The summed E-state index contributed by atoms with van der Waals surface area (Å²) in [5, 5.41) is 19.3. The van der Waals surface area contributed by atoms with Crippen molar-refractivity contribution >= 4 is 0 Å². The Morgan fingerprint density at radius 3 is 2.79 bits per heavy atom. The fraction of sp³-hybridized carbons (Fsp3) is 0.400. The van der Waals surface area contributed by atoms with E-state index in [1.807, 2.05) is 6.07 Å². The lowest BCUT2D eigenvalue weighted by atomic mass is 10.1. The molecule has 4 heteroatoms. The number of aryl methyl sites for hydroxylation is 1. The number of phenolic OH excluding ortho intramolecular Hbond substituents is 1. The van der Waals surface area contributed by atoms with Crippen LogP contribution in [-0.4, -0.2) is 35.4 Å². The minimum atomic E-state index is 0.170. The van der Waals surface area contributed by atoms with Crippen LogP contribution >= 0.6 is 0 Å². The fourth-order valence-electron chi connectivity index (χ4n) is 3.60. The molecule has 1 atom stereocenters. The molecule has 2 N–H and O–H groups in total. The number of methoxy groups -OCH3 is 1. The van der Waals surface area contributed by atoms with Crippen LogP contribution in [0.3, 0.4) is 0 Å². The zero-order valence-corrected chi connectivity index (χ0v) is 14.1. The van der Waals surface area contributed by atoms with E-state index in [2.05, 4.69) is 29.2 Å². The number of aromatic hydroxyl groups is 1. The lowest BCUT2D eigenvalue weighted by Gasteiger charge is -2.29. The van der Waals surface area contributed by atoms with Gasteiger partial charge in [0.05, 0.1) is 7.11 Å². The van der Waals surface area contributed by atoms with E-state index >= 15 is 0 Å². The van der Waals surface area contributed by atoms with Gasteiger partial charge in [-0.2, -0.15) is 0 Å². The number of aliphatic hydroxyl groups is 1. The molecule has 1 unspecified atom stereocenters. The quantitative estimate of drug-likeness (QED) is 0.819. The van der Waals surface area contributed by atoms with Crippen LogP contribution in [0.2, 0.25) is 0 Å². The van der Waals surface area contributed by atoms with Crippen LogP contribution in [0.1, 0.15) is 35.6 Å². The highest BCUT2D eigenvalue weighted by molar-refractivity contribution is 5.42. The monoisotopic (exact) mass is 327 g/mol. The molecule has 1 aliphatic carbocycles. The number of phenols is 1. The Morgan fingerprint density at radius 1 is 1.21 bits per heavy atom. The molecule has 0 saturated carbocycles. The van der Waals surface area contributed by atoms with Gasteiger partial charge in [-0.25, -0.2) is 0 Å². The fourth-order valence-corrected chi connectivity index (χ4v) is 3.60. The molecule has 0 bridgehead atoms. The molecule has 0 heterocycles. The van der Waals surface area contributed by atoms with Crippen LogP contribution in [0.4, 0.5) is 0 Å². The lowest BCUT2D eigenvalue weighted by molar-refractivity contribution is 0.165. The molecule has 0 saturated heterocycles. The first-order valence-corrected chi connectivity index (χ1v) is 8.51. The number of nitrogens with zero attached hydrogens (tertiary/aromatic N) is 1. The number of ether oxygens (including phenoxy) is 1. The van der Waals surface area contributed by atoms with Crippen molar-refractivity contribution in [2.45, 2.75) is 31.8 Å². The molecule has 0 aliphatic heterocycles. The Hall–Kier alpha value is -2.04. The number of hydrogen-bond acceptors (Lipinski definition) is 4. The van der Waals surface area contributed by atoms with Crippen LogP contribution in [0, 0.1) is 0 Å². The van der Waals surface area contributed by atoms with Gasteiger partial charge >= 0.3 is 0 Å². The second-order valence-electron chi connectivity index (χ2n) is 6.31. The van der Waals surface area contributed by atoms with Crippen LogP contribution in [-0.2, 0) is 13.0 Å². The molecule has 0 spiro atoms. The summed E-state index contributed by atoms with van der Waals surface area (Å²) in [5.41, 5.74) is 3.87. The van der Waals surface area contributed by atoms with Crippen LogP contribution in [0.5, 0.6) is 11.5 Å². The molecular formula is C20H25NO3. The second kappa shape index (κ2) is 7.69. The summed E-state index contributed by atoms with van der Waals surface area (Å²) in [7, 11) is 1.55. The topological polar surface area (TPSA) is 52.9 Å². The van der Waals surface area contributed by atoms with Crippen LogP contribution in [0.15, 0.2) is 42.5 Å². The second-order valence-corrected chi connectivity index (χ2v) is 6.31. The van der Waals surface area contributed by atoms with Gasteiger partial charge in [-0.3, -0.25) is 4.90 Å². The summed E-state index contributed by atoms with van der Waals surface area (Å²) in [4.78, 5) is 2.41. The number of hydrogen-bond donors (Lipinski definition) is 2. The van der Waals surface area contributed by atoms with Gasteiger partial charge in [-0.05, 0) is 48.1 Å². The summed E-state index contributed by atoms with van der Waals surface area (Å²) in [6.07, 6.45) is 2.96. The van der Waals surface area contributed by atoms with Gasteiger partial charge < -0.3 is 14.9 Å². The summed E-state index contributed by atoms with van der Waals surface area (Å²) in [5.74, 6) is 0.663. The van der Waals surface area contributed by atoms with Gasteiger partial charge in [0.2, 0.25) is 0 Å². The molecule has 0 fully saturated rings. The van der Waals surface area contributed by atoms with E-state index in [0.717, 1.165) is 37.9 Å². The van der Waals surface area contributed by atoms with Crippen LogP contribution in [0.25, 0.3) is 0 Å². The Kier molecular flexibility index (Phi) is 5.38. The highest BCUT2D eigenvalue weighted by Crippen LogP contribution is 2.37. The lowest BCUT2D eigenvalue weighted by Crippen LogP contribution is -2.28. The molecule has 3 rings (SSSR count). The van der Waals surface area contributed by atoms with Crippen molar-refractivity contribution in [2.75, 3.05) is 20.3 Å². The summed E-state index contributed by atoms with van der Waals surface area (Å²) >= 11 is 0. The molecule has 2 aromatic carbocycles. The minimum Gasteiger partial charge on any atom is -0.504 e. The number of rotatable bonds is 7. The average molecular weight is 327 g/mol. The molecule has 128 valence electrons. The van der Waals surface area contributed by atoms with E-state index in [4.69, 9.17) is 4.74 Å². The van der Waals surface area contributed by atoms with E-state index < -0.39 is 0 Å². The van der Waals surface area contributed by atoms with Gasteiger partial charge in [0.1, 0.15) is 0 Å². The van der Waals surface area contributed by atoms with Gasteiger partial charge in [0.25, 0.3) is 0 Å². The molecule has 0 aromatic heterocycles. The van der Waals surface area contributed by atoms with Crippen molar-refractivity contribution in [3.63, 3.8) is 0 Å². The SMILES string of the molecule is COc1ccc(CN(CCCO)C2CCc3ccccc32)cc1O. The van der Waals surface area contributed by atoms with Crippen molar-refractivity contribution in [1.82, 2.24) is 4.90 Å². The third kappa shape index (κ3) is 3.55. The Balaban J connectivity index is 1.81. The number of benzene rings is 2. The first-order chi connectivity index (χ1) is 11.7. The Bertz CT molecular complexity index is 686. The predicted octanol–water partition coefficient (Wildman–Crippen LogP) is 3.27. The summed E-state index contributed by atoms with van der Waals surface area (Å²) in [6, 6.07) is 14.6. The average Bonchev–Trinajstić information content (AvgIpc) is 3.03. The largest absolute Gasteiger partial charge is 0.504 e. The first-order valence-electron chi connectivity index (χ1n) is 8.51. The maximum absolute atomic E-state index is 10.0. The Morgan fingerprint density at radius 2 is 2.04 bits per heavy atom. The normalized spacial score (nSPS) is 16.4. The number of aliphatic hydroxyl groups excluding tert-OH is 1. The molecule has 1 aliphatic rings. The zero-order chi connectivity index (χ0) is 16.9. The highest BCUT2D eigenvalue weighted by atomic mass is 16.5. The van der Waals surface area contributed by atoms with Crippen molar-refractivity contribution < 1.29 is 14.9 Å². The van der Waals surface area contributed by atoms with E-state index in [1.165, 1.54) is 11.1 Å².